The third-order valence-corrected chi connectivity index (χ3v) is 2.76. The second kappa shape index (κ2) is 8.65. The average molecular weight is 242 g/mol. The van der Waals surface area contributed by atoms with E-state index in [2.05, 4.69) is 38.3 Å². The van der Waals surface area contributed by atoms with Gasteiger partial charge < -0.3 is 10.6 Å². The maximum Gasteiger partial charge on any atom is 0.135 e. The molecule has 3 heteroatoms. The largest absolute Gasteiger partial charge is 0.314 e. The van der Waals surface area contributed by atoms with Gasteiger partial charge in [-0.05, 0) is 19.0 Å². The van der Waals surface area contributed by atoms with Gasteiger partial charge in [-0.1, -0.05) is 41.5 Å². The molecule has 0 aromatic heterocycles. The Labute approximate surface area is 107 Å². The van der Waals surface area contributed by atoms with Gasteiger partial charge in [-0.25, -0.2) is 0 Å². The third kappa shape index (κ3) is 9.31. The molecule has 17 heavy (non-hydrogen) atoms. The smallest absolute Gasteiger partial charge is 0.135 e. The van der Waals surface area contributed by atoms with Gasteiger partial charge >= 0.3 is 0 Å². The van der Waals surface area contributed by atoms with Crippen molar-refractivity contribution in [2.75, 3.05) is 13.1 Å². The standard InChI is InChI=1S/C14H30N2O/c1-10(2)14(17)7-13(8-15-11(3)4)9-16-12(5)6/h10-13,15-16H,7-9H2,1-6H3. The molecule has 0 fully saturated rings. The quantitative estimate of drug-likeness (QED) is 0.651. The molecule has 0 unspecified atom stereocenters. The van der Waals surface area contributed by atoms with Crippen LogP contribution in [-0.4, -0.2) is 31.0 Å². The zero-order valence-corrected chi connectivity index (χ0v) is 12.3. The van der Waals surface area contributed by atoms with Crippen molar-refractivity contribution in [1.82, 2.24) is 10.6 Å². The van der Waals surface area contributed by atoms with Crippen LogP contribution in [0.15, 0.2) is 0 Å². The Morgan fingerprint density at radius 2 is 1.29 bits per heavy atom. The van der Waals surface area contributed by atoms with Crippen LogP contribution in [-0.2, 0) is 4.79 Å². The fourth-order valence-corrected chi connectivity index (χ4v) is 1.54. The normalized spacial score (nSPS) is 12.1. The Hall–Kier alpha value is -0.410. The summed E-state index contributed by atoms with van der Waals surface area (Å²) in [5.74, 6) is 0.913. The predicted octanol–water partition coefficient (Wildman–Crippen LogP) is 2.21. The molecule has 0 rings (SSSR count). The highest BCUT2D eigenvalue weighted by Crippen LogP contribution is 2.08. The molecule has 0 spiro atoms. The minimum absolute atomic E-state index is 0.149. The number of hydrogen-bond donors (Lipinski definition) is 2. The molecule has 0 aliphatic heterocycles. The Morgan fingerprint density at radius 3 is 1.59 bits per heavy atom. The lowest BCUT2D eigenvalue weighted by molar-refractivity contribution is -0.122. The summed E-state index contributed by atoms with van der Waals surface area (Å²) >= 11 is 0. The molecule has 0 amide bonds. The van der Waals surface area contributed by atoms with Gasteiger partial charge in [-0.3, -0.25) is 4.79 Å². The summed E-state index contributed by atoms with van der Waals surface area (Å²) in [5.41, 5.74) is 0. The van der Waals surface area contributed by atoms with E-state index in [9.17, 15) is 4.79 Å². The molecule has 0 aliphatic rings. The lowest BCUT2D eigenvalue weighted by Crippen LogP contribution is -2.38. The topological polar surface area (TPSA) is 41.1 Å². The van der Waals surface area contributed by atoms with Crippen molar-refractivity contribution in [3.8, 4) is 0 Å². The van der Waals surface area contributed by atoms with Gasteiger partial charge in [0.15, 0.2) is 0 Å². The van der Waals surface area contributed by atoms with Crippen molar-refractivity contribution < 1.29 is 4.79 Å². The first-order valence-corrected chi connectivity index (χ1v) is 6.82. The monoisotopic (exact) mass is 242 g/mol. The van der Waals surface area contributed by atoms with Gasteiger partial charge in [-0.15, -0.1) is 0 Å². The third-order valence-electron chi connectivity index (χ3n) is 2.76. The number of carbonyl (C=O) groups excluding carboxylic acids is 1. The summed E-state index contributed by atoms with van der Waals surface area (Å²) in [6.07, 6.45) is 0.678. The number of ketones is 1. The van der Waals surface area contributed by atoms with Crippen molar-refractivity contribution in [1.29, 1.82) is 0 Å². The summed E-state index contributed by atoms with van der Waals surface area (Å²) in [4.78, 5) is 11.8. The predicted molar refractivity (Wildman–Crippen MR) is 74.2 cm³/mol. The molecule has 0 aliphatic carbocycles. The highest BCUT2D eigenvalue weighted by Gasteiger charge is 2.16. The van der Waals surface area contributed by atoms with E-state index in [1.54, 1.807) is 0 Å². The molecule has 0 aromatic rings. The van der Waals surface area contributed by atoms with Crippen molar-refractivity contribution in [3.05, 3.63) is 0 Å². The molecule has 0 bridgehead atoms. The van der Waals surface area contributed by atoms with E-state index in [0.717, 1.165) is 13.1 Å². The molecule has 0 saturated heterocycles. The first-order chi connectivity index (χ1) is 7.82. The van der Waals surface area contributed by atoms with Gasteiger partial charge in [0.25, 0.3) is 0 Å². The number of nitrogens with one attached hydrogen (secondary N) is 2. The number of hydrogen-bond acceptors (Lipinski definition) is 3. The van der Waals surface area contributed by atoms with E-state index in [-0.39, 0.29) is 5.92 Å². The molecule has 0 atom stereocenters. The van der Waals surface area contributed by atoms with Gasteiger partial charge in [0.2, 0.25) is 0 Å². The molecule has 2 N–H and O–H groups in total. The van der Waals surface area contributed by atoms with E-state index in [4.69, 9.17) is 0 Å². The summed E-state index contributed by atoms with van der Waals surface area (Å²) in [6.45, 7) is 14.3. The molecule has 0 radical (unpaired) electrons. The van der Waals surface area contributed by atoms with Crippen LogP contribution in [0.4, 0.5) is 0 Å². The molecule has 0 saturated carbocycles. The zero-order chi connectivity index (χ0) is 13.4. The second-order valence-corrected chi connectivity index (χ2v) is 5.82. The maximum absolute atomic E-state index is 11.8. The highest BCUT2D eigenvalue weighted by molar-refractivity contribution is 5.80. The Kier molecular flexibility index (Phi) is 8.44. The number of Topliss-reactive ketones (excluding diaryl/α,β-unsaturated/α-hetero) is 1. The molecule has 102 valence electrons. The van der Waals surface area contributed by atoms with Crippen LogP contribution >= 0.6 is 0 Å². The summed E-state index contributed by atoms with van der Waals surface area (Å²) in [5, 5.41) is 6.84. The van der Waals surface area contributed by atoms with Crippen LogP contribution in [0.2, 0.25) is 0 Å². The summed E-state index contributed by atoms with van der Waals surface area (Å²) in [6, 6.07) is 0.955. The van der Waals surface area contributed by atoms with Gasteiger partial charge in [0.05, 0.1) is 0 Å². The van der Waals surface area contributed by atoms with E-state index in [0.29, 0.717) is 30.2 Å². The summed E-state index contributed by atoms with van der Waals surface area (Å²) < 4.78 is 0. The Balaban J connectivity index is 4.14. The Bertz CT molecular complexity index is 200. The minimum Gasteiger partial charge on any atom is -0.314 e. The van der Waals surface area contributed by atoms with Gasteiger partial charge in [-0.2, -0.15) is 0 Å². The Morgan fingerprint density at radius 1 is 0.882 bits per heavy atom. The van der Waals surface area contributed by atoms with Crippen molar-refractivity contribution in [3.63, 3.8) is 0 Å². The van der Waals surface area contributed by atoms with E-state index in [1.165, 1.54) is 0 Å². The van der Waals surface area contributed by atoms with Crippen LogP contribution in [0.5, 0.6) is 0 Å². The molecule has 0 heterocycles. The molecule has 0 aromatic carbocycles. The number of carbonyl (C=O) groups is 1. The first kappa shape index (κ1) is 16.6. The maximum atomic E-state index is 11.8. The second-order valence-electron chi connectivity index (χ2n) is 5.82. The SMILES string of the molecule is CC(C)NCC(CNC(C)C)CC(=O)C(C)C. The molecular formula is C14H30N2O. The van der Waals surface area contributed by atoms with E-state index in [1.807, 2.05) is 13.8 Å². The first-order valence-electron chi connectivity index (χ1n) is 6.82. The highest BCUT2D eigenvalue weighted by atomic mass is 16.1. The number of rotatable bonds is 9. The van der Waals surface area contributed by atoms with E-state index < -0.39 is 0 Å². The molecular weight excluding hydrogens is 212 g/mol. The minimum atomic E-state index is 0.149. The van der Waals surface area contributed by atoms with Crippen LogP contribution in [0, 0.1) is 11.8 Å². The van der Waals surface area contributed by atoms with E-state index >= 15 is 0 Å². The van der Waals surface area contributed by atoms with Gasteiger partial charge in [0.1, 0.15) is 5.78 Å². The molecule has 3 nitrogen and oxygen atoms in total. The average Bonchev–Trinajstić information content (AvgIpc) is 2.21. The zero-order valence-electron chi connectivity index (χ0n) is 12.3. The van der Waals surface area contributed by atoms with Crippen molar-refractivity contribution >= 4 is 5.78 Å². The lowest BCUT2D eigenvalue weighted by atomic mass is 9.96. The fourth-order valence-electron chi connectivity index (χ4n) is 1.54. The van der Waals surface area contributed by atoms with Gasteiger partial charge in [0, 0.05) is 24.4 Å². The van der Waals surface area contributed by atoms with Crippen LogP contribution in [0.25, 0.3) is 0 Å². The van der Waals surface area contributed by atoms with Crippen molar-refractivity contribution in [2.24, 2.45) is 11.8 Å². The van der Waals surface area contributed by atoms with Crippen LogP contribution < -0.4 is 10.6 Å². The van der Waals surface area contributed by atoms with Crippen LogP contribution in [0.1, 0.15) is 48.0 Å². The lowest BCUT2D eigenvalue weighted by Gasteiger charge is -2.21. The fraction of sp³-hybridized carbons (Fsp3) is 0.929. The summed E-state index contributed by atoms with van der Waals surface area (Å²) in [7, 11) is 0. The van der Waals surface area contributed by atoms with Crippen LogP contribution in [0.3, 0.4) is 0 Å². The van der Waals surface area contributed by atoms with Crippen molar-refractivity contribution in [2.45, 2.75) is 60.0 Å².